The first kappa shape index (κ1) is 35.2. The zero-order valence-electron chi connectivity index (χ0n) is 33.9. The summed E-state index contributed by atoms with van der Waals surface area (Å²) in [6.07, 6.45) is 0. The van der Waals surface area contributed by atoms with Crippen LogP contribution < -0.4 is 0 Å². The molecule has 0 saturated carbocycles. The van der Waals surface area contributed by atoms with E-state index in [-0.39, 0.29) is 0 Å². The van der Waals surface area contributed by atoms with Gasteiger partial charge in [-0.2, -0.15) is 0 Å². The largest absolute Gasteiger partial charge is 0.456 e. The average Bonchev–Trinajstić information content (AvgIpc) is 4.03. The van der Waals surface area contributed by atoms with Gasteiger partial charge in [0.25, 0.3) is 0 Å². The topological polar surface area (TPSA) is 57.0 Å². The minimum atomic E-state index is 0.643. The van der Waals surface area contributed by atoms with Crippen LogP contribution in [0.1, 0.15) is 0 Å². The first-order valence-corrected chi connectivity index (χ1v) is 21.2. The molecule has 0 unspecified atom stereocenters. The summed E-state index contributed by atoms with van der Waals surface area (Å²) < 4.78 is 15.2. The second-order valence-corrected chi connectivity index (χ2v) is 16.1. The maximum atomic E-state index is 6.57. The van der Waals surface area contributed by atoms with Crippen LogP contribution in [0.15, 0.2) is 221 Å². The number of para-hydroxylation sites is 5. The molecule has 0 aliphatic rings. The normalized spacial score (nSPS) is 11.8. The zero-order chi connectivity index (χ0) is 41.4. The predicted molar refractivity (Wildman–Crippen MR) is 258 cm³/mol. The molecule has 0 atom stereocenters. The lowest BCUT2D eigenvalue weighted by atomic mass is 9.93. The highest BCUT2D eigenvalue weighted by Gasteiger charge is 2.19. The van der Waals surface area contributed by atoms with E-state index < -0.39 is 0 Å². The number of furan rings is 2. The highest BCUT2D eigenvalue weighted by Crippen LogP contribution is 2.41. The quantitative estimate of drug-likeness (QED) is 0.168. The monoisotopic (exact) mass is 805 g/mol. The molecule has 13 aromatic rings. The van der Waals surface area contributed by atoms with Gasteiger partial charge in [0.1, 0.15) is 22.3 Å². The molecule has 0 N–H and O–H groups in total. The van der Waals surface area contributed by atoms with E-state index in [0.717, 1.165) is 105 Å². The van der Waals surface area contributed by atoms with Crippen LogP contribution in [-0.4, -0.2) is 14.5 Å². The Morgan fingerprint density at radius 2 is 0.889 bits per heavy atom. The van der Waals surface area contributed by atoms with E-state index in [1.807, 2.05) is 42.5 Å². The van der Waals surface area contributed by atoms with Gasteiger partial charge in [0.05, 0.1) is 22.4 Å². The van der Waals surface area contributed by atoms with Crippen molar-refractivity contribution in [2.45, 2.75) is 0 Å². The van der Waals surface area contributed by atoms with Gasteiger partial charge in [-0.3, -0.25) is 0 Å². The fourth-order valence-corrected chi connectivity index (χ4v) is 9.42. The summed E-state index contributed by atoms with van der Waals surface area (Å²) in [4.78, 5) is 10.6. The molecular formula is C58H35N3O2. The van der Waals surface area contributed by atoms with Crippen molar-refractivity contribution in [2.24, 2.45) is 0 Å². The summed E-state index contributed by atoms with van der Waals surface area (Å²) in [5.41, 5.74) is 15.6. The van der Waals surface area contributed by atoms with Crippen LogP contribution in [0.4, 0.5) is 0 Å². The van der Waals surface area contributed by atoms with Crippen molar-refractivity contribution >= 4 is 65.7 Å². The van der Waals surface area contributed by atoms with Crippen LogP contribution in [0.3, 0.4) is 0 Å². The molecule has 0 fully saturated rings. The standard InChI is InChI=1S/C58H35N3O2/c1-3-14-36(15-4-1)58-59-50(35-51(60-58)47-22-13-21-46-44-19-8-12-25-55(44)63-57(46)47)41-31-39(30-40(32-41)38-27-29-56-49(34-38)45-20-9-11-24-54(45)62-56)37-26-28-53-48(33-37)43-18-7-10-23-52(43)61(53)42-16-5-2-6-17-42/h1-35H. The van der Waals surface area contributed by atoms with Crippen molar-refractivity contribution in [1.82, 2.24) is 14.5 Å². The lowest BCUT2D eigenvalue weighted by Crippen LogP contribution is -1.97. The van der Waals surface area contributed by atoms with Crippen molar-refractivity contribution in [3.8, 4) is 61.8 Å². The van der Waals surface area contributed by atoms with Crippen molar-refractivity contribution in [3.05, 3.63) is 212 Å². The molecule has 294 valence electrons. The maximum absolute atomic E-state index is 6.57. The summed E-state index contributed by atoms with van der Waals surface area (Å²) in [6.45, 7) is 0. The number of hydrogen-bond donors (Lipinski definition) is 0. The molecule has 0 spiro atoms. The summed E-state index contributed by atoms with van der Waals surface area (Å²) in [5, 5.41) is 6.72. The Balaban J connectivity index is 1.06. The van der Waals surface area contributed by atoms with Gasteiger partial charge in [-0.15, -0.1) is 0 Å². The van der Waals surface area contributed by atoms with E-state index >= 15 is 0 Å². The molecule has 0 amide bonds. The minimum Gasteiger partial charge on any atom is -0.456 e. The van der Waals surface area contributed by atoms with Gasteiger partial charge in [-0.1, -0.05) is 127 Å². The van der Waals surface area contributed by atoms with E-state index in [4.69, 9.17) is 18.8 Å². The third-order valence-corrected chi connectivity index (χ3v) is 12.4. The van der Waals surface area contributed by atoms with Crippen molar-refractivity contribution in [2.75, 3.05) is 0 Å². The smallest absolute Gasteiger partial charge is 0.160 e. The fourth-order valence-electron chi connectivity index (χ4n) is 9.42. The van der Waals surface area contributed by atoms with Gasteiger partial charge in [0.2, 0.25) is 0 Å². The van der Waals surface area contributed by atoms with Crippen LogP contribution >= 0.6 is 0 Å². The van der Waals surface area contributed by atoms with Crippen LogP contribution in [-0.2, 0) is 0 Å². The van der Waals surface area contributed by atoms with E-state index in [9.17, 15) is 0 Å². The van der Waals surface area contributed by atoms with Crippen LogP contribution in [0.25, 0.3) is 128 Å². The SMILES string of the molecule is c1ccc(-c2nc(-c3cc(-c4ccc5oc6ccccc6c5c4)cc(-c4ccc5c(c4)c4ccccc4n5-c4ccccc4)c3)cc(-c3cccc4c3oc3ccccc34)n2)cc1. The van der Waals surface area contributed by atoms with Gasteiger partial charge in [0.15, 0.2) is 5.82 Å². The van der Waals surface area contributed by atoms with Crippen LogP contribution in [0.2, 0.25) is 0 Å². The molecule has 9 aromatic carbocycles. The Morgan fingerprint density at radius 1 is 0.317 bits per heavy atom. The molecule has 0 radical (unpaired) electrons. The number of nitrogens with zero attached hydrogens (tertiary/aromatic N) is 3. The van der Waals surface area contributed by atoms with Gasteiger partial charge >= 0.3 is 0 Å². The zero-order valence-corrected chi connectivity index (χ0v) is 33.9. The molecule has 63 heavy (non-hydrogen) atoms. The van der Waals surface area contributed by atoms with E-state index in [0.29, 0.717) is 5.82 Å². The van der Waals surface area contributed by atoms with Crippen molar-refractivity contribution in [3.63, 3.8) is 0 Å². The number of rotatable bonds is 6. The molecule has 0 aliphatic heterocycles. The lowest BCUT2D eigenvalue weighted by molar-refractivity contribution is 0.669. The Labute approximate surface area is 361 Å². The Hall–Kier alpha value is -8.54. The summed E-state index contributed by atoms with van der Waals surface area (Å²) in [6, 6.07) is 74.5. The van der Waals surface area contributed by atoms with E-state index in [1.165, 1.54) is 16.3 Å². The number of hydrogen-bond acceptors (Lipinski definition) is 4. The van der Waals surface area contributed by atoms with E-state index in [2.05, 4.69) is 174 Å². The number of benzene rings is 9. The van der Waals surface area contributed by atoms with Gasteiger partial charge < -0.3 is 13.4 Å². The Bertz CT molecular complexity index is 3910. The highest BCUT2D eigenvalue weighted by molar-refractivity contribution is 6.12. The average molecular weight is 806 g/mol. The summed E-state index contributed by atoms with van der Waals surface area (Å²) in [7, 11) is 0. The second kappa shape index (κ2) is 14.0. The first-order valence-electron chi connectivity index (χ1n) is 21.2. The number of aromatic nitrogens is 3. The summed E-state index contributed by atoms with van der Waals surface area (Å²) >= 11 is 0. The molecule has 4 aromatic heterocycles. The minimum absolute atomic E-state index is 0.643. The molecule has 0 aliphatic carbocycles. The maximum Gasteiger partial charge on any atom is 0.160 e. The summed E-state index contributed by atoms with van der Waals surface area (Å²) in [5.74, 6) is 0.643. The molecule has 4 heterocycles. The van der Waals surface area contributed by atoms with Gasteiger partial charge in [-0.25, -0.2) is 9.97 Å². The molecular weight excluding hydrogens is 771 g/mol. The van der Waals surface area contributed by atoms with Gasteiger partial charge in [0, 0.05) is 54.7 Å². The molecule has 13 rings (SSSR count). The predicted octanol–water partition coefficient (Wildman–Crippen LogP) is 15.7. The van der Waals surface area contributed by atoms with Crippen molar-refractivity contribution in [1.29, 1.82) is 0 Å². The second-order valence-electron chi connectivity index (χ2n) is 16.1. The molecule has 5 nitrogen and oxygen atoms in total. The van der Waals surface area contributed by atoms with Gasteiger partial charge in [-0.05, 0) is 107 Å². The Morgan fingerprint density at radius 3 is 1.68 bits per heavy atom. The van der Waals surface area contributed by atoms with Crippen LogP contribution in [0.5, 0.6) is 0 Å². The third kappa shape index (κ3) is 5.78. The number of fused-ring (bicyclic) bond motifs is 9. The Kier molecular flexibility index (Phi) is 7.84. The first-order chi connectivity index (χ1) is 31.2. The third-order valence-electron chi connectivity index (χ3n) is 12.4. The van der Waals surface area contributed by atoms with Crippen LogP contribution in [0, 0.1) is 0 Å². The fraction of sp³-hybridized carbons (Fsp3) is 0. The molecule has 0 bridgehead atoms. The van der Waals surface area contributed by atoms with Crippen molar-refractivity contribution < 1.29 is 8.83 Å². The highest BCUT2D eigenvalue weighted by atomic mass is 16.3. The lowest BCUT2D eigenvalue weighted by Gasteiger charge is -2.14. The van der Waals surface area contributed by atoms with E-state index in [1.54, 1.807) is 0 Å². The molecule has 5 heteroatoms. The molecule has 0 saturated heterocycles.